The van der Waals surface area contributed by atoms with E-state index in [-0.39, 0.29) is 86.8 Å². The Morgan fingerprint density at radius 2 is 1.63 bits per heavy atom. The summed E-state index contributed by atoms with van der Waals surface area (Å²) in [6, 6.07) is 8.82. The van der Waals surface area contributed by atoms with Crippen LogP contribution in [0.25, 0.3) is 27.0 Å². The van der Waals surface area contributed by atoms with Crippen LogP contribution in [0, 0.1) is 11.8 Å². The summed E-state index contributed by atoms with van der Waals surface area (Å²) in [4.78, 5) is 103. The number of rotatable bonds is 37. The van der Waals surface area contributed by atoms with Crippen molar-refractivity contribution in [2.45, 2.75) is 121 Å². The molecule has 2 aromatic heterocycles. The summed E-state index contributed by atoms with van der Waals surface area (Å²) in [5, 5.41) is 25.9. The Morgan fingerprint density at radius 3 is 2.42 bits per heavy atom. The first-order valence-electron chi connectivity index (χ1n) is 35.3. The minimum absolute atomic E-state index is 0.0243. The van der Waals surface area contributed by atoms with Crippen molar-refractivity contribution in [3.63, 3.8) is 0 Å². The van der Waals surface area contributed by atoms with Crippen LogP contribution in [0.4, 0.5) is 21.1 Å². The molecular formula is C67H88N14O22P3S2+. The van der Waals surface area contributed by atoms with Gasteiger partial charge in [-0.15, -0.1) is 0 Å². The van der Waals surface area contributed by atoms with E-state index in [9.17, 15) is 47.8 Å². The maximum Gasteiger partial charge on any atom is 0.490 e. The van der Waals surface area contributed by atoms with Crippen LogP contribution in [0.3, 0.4) is 0 Å². The third kappa shape index (κ3) is 21.2. The molecule has 36 nitrogen and oxygen atoms in total. The van der Waals surface area contributed by atoms with E-state index < -0.39 is 73.3 Å². The number of carbonyl (C=O) groups is 4. The first-order chi connectivity index (χ1) is 51.8. The van der Waals surface area contributed by atoms with Crippen molar-refractivity contribution < 1.29 is 104 Å². The van der Waals surface area contributed by atoms with Gasteiger partial charge in [-0.05, 0) is 125 Å². The monoisotopic (exact) mass is 1600 g/mol. The summed E-state index contributed by atoms with van der Waals surface area (Å²) >= 11 is 0. The van der Waals surface area contributed by atoms with E-state index in [1.54, 1.807) is 33.7 Å². The highest BCUT2D eigenvalue weighted by Gasteiger charge is 2.45. The molecule has 5 aromatic rings. The highest BCUT2D eigenvalue weighted by Crippen LogP contribution is 2.66. The molecule has 8 heterocycles. The number of benzene rings is 3. The van der Waals surface area contributed by atoms with Crippen molar-refractivity contribution in [1.29, 1.82) is 0 Å². The minimum Gasteiger partial charge on any atom is -0.478 e. The van der Waals surface area contributed by atoms with Gasteiger partial charge in [-0.1, -0.05) is 38.5 Å². The highest BCUT2D eigenvalue weighted by atomic mass is 33.1. The number of anilines is 2. The number of hydrazine groups is 1. The van der Waals surface area contributed by atoms with E-state index >= 15 is 0 Å². The Labute approximate surface area is 628 Å². The van der Waals surface area contributed by atoms with Gasteiger partial charge in [0.05, 0.1) is 80.9 Å². The molecule has 1 saturated heterocycles. The first kappa shape index (κ1) is 81.6. The molecule has 11 rings (SSSR count). The van der Waals surface area contributed by atoms with Crippen LogP contribution in [-0.4, -0.2) is 196 Å². The Balaban J connectivity index is 0.535. The summed E-state index contributed by atoms with van der Waals surface area (Å²) < 4.78 is 92.9. The molecule has 0 bridgehead atoms. The molecule has 584 valence electrons. The predicted octanol–water partition coefficient (Wildman–Crippen LogP) is 6.55. The van der Waals surface area contributed by atoms with E-state index in [1.165, 1.54) is 56.5 Å². The number of ether oxygens (including phenoxy) is 7. The highest BCUT2D eigenvalue weighted by molar-refractivity contribution is 8.77. The molecule has 5 atom stereocenters. The Hall–Kier alpha value is -7.43. The second kappa shape index (κ2) is 37.1. The standard InChI is InChI=1S/C67H87N14O22P3S2/c1-67(2,108-107-41-96-27-5-3-4-19-72-65(85)73-20-6-11-45-37-80(62-55(45)61(68)74-39-75-62)54-36-52(98-40-76-77-69)53(100-54)38-99-105(90,91)103-106(92,93)102-104(87,88)89)18-28-97-66(86)81(70)26-30-95-32-31-94-29-21-71-63(82)44-16-17-46(64(83)84)49(35-44)56-50-33-42-12-7-22-78-24-9-14-47(57(42)78)59(50)101-60-48-15-10-25-79-23-8-13-43(58(48)79)34-51(56)60/h16-17,33-35,37,39,52-54H,3-5,7-10,12-15,18-32,36,38,40-41,70H2,1-2H3,(H9-,68,71,72,73,74,75,82,83,84,85,87,88,89,90,91,92,93)/p+1/t52-,53+,54+/m0/s1. The first-order valence-corrected chi connectivity index (χ1v) is 42.1. The fourth-order valence-electron chi connectivity index (χ4n) is 13.9. The summed E-state index contributed by atoms with van der Waals surface area (Å²) in [7, 11) is -13.8. The average molecular weight is 1600 g/mol. The fraction of sp³-hybridized carbons (Fsp3) is 0.537. The molecular weight excluding hydrogens is 1510 g/mol. The Kier molecular flexibility index (Phi) is 28.0. The molecule has 0 saturated carbocycles. The number of aryl methyl sites for hydroxylation is 2. The van der Waals surface area contributed by atoms with Gasteiger partial charge in [0.2, 0.25) is 5.36 Å². The van der Waals surface area contributed by atoms with Crippen LogP contribution >= 0.6 is 45.1 Å². The zero-order chi connectivity index (χ0) is 76.8. The average Bonchev–Trinajstić information content (AvgIpc) is 0.919. The van der Waals surface area contributed by atoms with Crippen molar-refractivity contribution in [2.24, 2.45) is 11.0 Å². The molecule has 12 N–H and O–H groups in total. The lowest BCUT2D eigenvalue weighted by Gasteiger charge is -2.39. The van der Waals surface area contributed by atoms with Gasteiger partial charge in [0.15, 0.2) is 0 Å². The van der Waals surface area contributed by atoms with Gasteiger partial charge in [-0.3, -0.25) is 9.32 Å². The number of amides is 4. The van der Waals surface area contributed by atoms with Crippen molar-refractivity contribution in [3.05, 3.63) is 114 Å². The van der Waals surface area contributed by atoms with Gasteiger partial charge in [-0.2, -0.15) is 8.62 Å². The number of carboxylic acid groups (broad SMARTS) is 1. The van der Waals surface area contributed by atoms with Gasteiger partial charge >= 0.3 is 41.6 Å². The largest absolute Gasteiger partial charge is 0.490 e. The lowest BCUT2D eigenvalue weighted by molar-refractivity contribution is -0.0582. The van der Waals surface area contributed by atoms with Gasteiger partial charge in [0.25, 0.3) is 5.91 Å². The fourth-order valence-corrected chi connectivity index (χ4v) is 19.2. The Bertz CT molecular complexity index is 4590. The number of carboxylic acids is 1. The maximum atomic E-state index is 13.9. The summed E-state index contributed by atoms with van der Waals surface area (Å²) in [5.41, 5.74) is 24.3. The number of aromatic carboxylic acids is 1. The Morgan fingerprint density at radius 1 is 0.861 bits per heavy atom. The second-order valence-electron chi connectivity index (χ2n) is 26.6. The molecule has 108 heavy (non-hydrogen) atoms. The lowest BCUT2D eigenvalue weighted by atomic mass is 9.81. The topological polar surface area (TPSA) is 490 Å². The third-order valence-electron chi connectivity index (χ3n) is 18.6. The maximum absolute atomic E-state index is 13.9. The van der Waals surface area contributed by atoms with Gasteiger partial charge in [-0.25, -0.2) is 53.5 Å². The number of nitrogens with two attached hydrogens (primary N) is 2. The molecule has 6 aliphatic rings. The normalized spacial score (nSPS) is 18.2. The molecule has 6 aliphatic heterocycles. The number of phosphoric acid groups is 3. The van der Waals surface area contributed by atoms with Gasteiger partial charge < -0.3 is 89.0 Å². The summed E-state index contributed by atoms with van der Waals surface area (Å²) in [5.74, 6) is 12.4. The number of nitrogens with one attached hydrogen (secondary N) is 3. The number of hydrogen-bond donors (Lipinski definition) is 10. The van der Waals surface area contributed by atoms with Gasteiger partial charge in [0.1, 0.15) is 67.4 Å². The quantitative estimate of drug-likeness (QED) is 0.00161. The molecule has 0 radical (unpaired) electrons. The molecule has 1 fully saturated rings. The lowest BCUT2D eigenvalue weighted by Crippen LogP contribution is -2.45. The zero-order valence-electron chi connectivity index (χ0n) is 59.5. The molecule has 3 aromatic carbocycles. The zero-order valence-corrected chi connectivity index (χ0v) is 63.8. The van der Waals surface area contributed by atoms with Crippen molar-refractivity contribution in [2.75, 3.05) is 122 Å². The minimum atomic E-state index is -5.81. The summed E-state index contributed by atoms with van der Waals surface area (Å²) in [6.45, 7) is 8.71. The predicted molar refractivity (Wildman–Crippen MR) is 396 cm³/mol. The van der Waals surface area contributed by atoms with Crippen molar-refractivity contribution >= 4 is 97.2 Å². The van der Waals surface area contributed by atoms with Gasteiger partial charge in [0, 0.05) is 107 Å². The number of nitrogens with zero attached hydrogens (tertiary/aromatic N) is 9. The van der Waals surface area contributed by atoms with E-state index in [2.05, 4.69) is 78.0 Å². The molecule has 41 heteroatoms. The molecule has 0 spiro atoms. The number of aromatic nitrogens is 3. The van der Waals surface area contributed by atoms with Crippen LogP contribution in [0.5, 0.6) is 11.5 Å². The number of carbonyl (C=O) groups excluding carboxylic acids is 3. The number of phosphoric ester groups is 1. The van der Waals surface area contributed by atoms with Crippen LogP contribution in [0.15, 0.2) is 48.0 Å². The smallest absolute Gasteiger partial charge is 0.478 e. The molecule has 2 unspecified atom stereocenters. The van der Waals surface area contributed by atoms with Crippen LogP contribution in [0.1, 0.15) is 138 Å². The van der Waals surface area contributed by atoms with E-state index in [4.69, 9.17) is 64.6 Å². The van der Waals surface area contributed by atoms with Crippen molar-refractivity contribution in [1.82, 2.24) is 40.1 Å². The molecule has 0 aliphatic carbocycles. The number of fused-ring (bicyclic) bond motifs is 5. The number of nitrogen functional groups attached to an aromatic ring is 1. The van der Waals surface area contributed by atoms with Crippen LogP contribution in [0.2, 0.25) is 0 Å². The second-order valence-corrected chi connectivity index (χ2v) is 34.0. The summed E-state index contributed by atoms with van der Waals surface area (Å²) in [6.07, 6.45) is 9.23. The number of hydrogen-bond acceptors (Lipinski definition) is 25. The van der Waals surface area contributed by atoms with E-state index in [0.29, 0.717) is 54.0 Å². The number of azide groups is 1. The van der Waals surface area contributed by atoms with Crippen LogP contribution < -0.4 is 52.3 Å². The van der Waals surface area contributed by atoms with E-state index in [1.807, 2.05) is 13.8 Å². The third-order valence-corrected chi connectivity index (χ3v) is 25.4. The SMILES string of the molecule is CC(C)(CCOC(=O)N(N)CCOCCOCCNC(=O)c1ccc(C(=O)O)c(C2=c3cc4c5c(c3Oc3c2cc2c6c3CCCN6CCC2)CCC[N+]=5CCC4)c1)SSCOCCCCCNC(=O)NCC#Cc1cn([C@H]2C[C@H](OCN=[N+]=[N-])[C@@H](COP(=O)(O)OP(=O)(O)OP(=O)(O)O)O2)c2ncnc(N)c12. The van der Waals surface area contributed by atoms with Crippen LogP contribution in [-0.2, 0) is 80.9 Å². The number of urea groups is 1. The van der Waals surface area contributed by atoms with E-state index in [0.717, 1.165) is 123 Å². The molecule has 4 amide bonds. The number of unbranched alkanes of at least 4 members (excludes halogenated alkanes) is 2. The van der Waals surface area contributed by atoms with Crippen molar-refractivity contribution in [3.8, 4) is 23.3 Å².